The fraction of sp³-hybridized carbons (Fsp3) is 0.417. The van der Waals surface area contributed by atoms with E-state index in [-0.39, 0.29) is 5.28 Å². The second kappa shape index (κ2) is 5.20. The van der Waals surface area contributed by atoms with Gasteiger partial charge >= 0.3 is 0 Å². The first-order chi connectivity index (χ1) is 8.83. The average Bonchev–Trinajstić information content (AvgIpc) is 2.93. The normalized spacial score (nSPS) is 15.9. The molecule has 2 aromatic heterocycles. The minimum Gasteiger partial charge on any atom is -0.341 e. The van der Waals surface area contributed by atoms with Crippen LogP contribution in [0.5, 0.6) is 0 Å². The van der Waals surface area contributed by atoms with E-state index in [4.69, 9.17) is 11.6 Å². The smallest absolute Gasteiger partial charge is 0.230 e. The lowest BCUT2D eigenvalue weighted by Gasteiger charge is -2.26. The number of halogens is 1. The van der Waals surface area contributed by atoms with Crippen LogP contribution in [-0.2, 0) is 0 Å². The Morgan fingerprint density at radius 1 is 1.11 bits per heavy atom. The quantitative estimate of drug-likeness (QED) is 0.847. The Morgan fingerprint density at radius 3 is 2.67 bits per heavy atom. The van der Waals surface area contributed by atoms with Gasteiger partial charge in [-0.25, -0.2) is 0 Å². The number of hydrogen-bond donors (Lipinski definition) is 0. The topological polar surface area (TPSA) is 41.9 Å². The maximum atomic E-state index is 6.00. The molecule has 0 atom stereocenters. The minimum atomic E-state index is 0.272. The number of hydrogen-bond acceptors (Lipinski definition) is 5. The number of rotatable bonds is 2. The van der Waals surface area contributed by atoms with Crippen LogP contribution < -0.4 is 4.90 Å². The molecule has 0 spiro atoms. The van der Waals surface area contributed by atoms with Gasteiger partial charge in [0.1, 0.15) is 0 Å². The lowest BCUT2D eigenvalue weighted by Crippen LogP contribution is -2.31. The highest BCUT2D eigenvalue weighted by atomic mass is 35.5. The first-order valence-corrected chi connectivity index (χ1v) is 7.29. The summed E-state index contributed by atoms with van der Waals surface area (Å²) in [4.78, 5) is 16.2. The van der Waals surface area contributed by atoms with E-state index in [1.165, 1.54) is 19.3 Å². The molecule has 0 radical (unpaired) electrons. The molecule has 0 aromatic carbocycles. The van der Waals surface area contributed by atoms with Crippen molar-refractivity contribution in [3.63, 3.8) is 0 Å². The molecule has 0 saturated carbocycles. The largest absolute Gasteiger partial charge is 0.341 e. The van der Waals surface area contributed by atoms with E-state index in [0.29, 0.717) is 11.8 Å². The first kappa shape index (κ1) is 11.9. The summed E-state index contributed by atoms with van der Waals surface area (Å²) in [6.45, 7) is 2.01. The van der Waals surface area contributed by atoms with Gasteiger partial charge in [0.2, 0.25) is 11.2 Å². The Morgan fingerprint density at radius 2 is 1.94 bits per heavy atom. The van der Waals surface area contributed by atoms with Gasteiger partial charge in [-0.15, -0.1) is 11.3 Å². The fourth-order valence-corrected chi connectivity index (χ4v) is 2.90. The van der Waals surface area contributed by atoms with Crippen LogP contribution >= 0.6 is 22.9 Å². The number of nitrogens with zero attached hydrogens (tertiary/aromatic N) is 4. The Kier molecular flexibility index (Phi) is 3.43. The van der Waals surface area contributed by atoms with Crippen LogP contribution in [0.2, 0.25) is 5.28 Å². The molecule has 0 aliphatic carbocycles. The molecule has 0 unspecified atom stereocenters. The van der Waals surface area contributed by atoms with Crippen molar-refractivity contribution in [1.82, 2.24) is 15.0 Å². The molecule has 1 aliphatic rings. The molecule has 0 bridgehead atoms. The van der Waals surface area contributed by atoms with Gasteiger partial charge < -0.3 is 4.90 Å². The van der Waals surface area contributed by atoms with Crippen LogP contribution in [-0.4, -0.2) is 28.0 Å². The predicted molar refractivity (Wildman–Crippen MR) is 74.2 cm³/mol. The van der Waals surface area contributed by atoms with E-state index in [1.54, 1.807) is 11.3 Å². The highest BCUT2D eigenvalue weighted by molar-refractivity contribution is 7.13. The molecule has 0 N–H and O–H groups in total. The second-order valence-electron chi connectivity index (χ2n) is 4.25. The van der Waals surface area contributed by atoms with Crippen LogP contribution in [0.3, 0.4) is 0 Å². The van der Waals surface area contributed by atoms with Crippen molar-refractivity contribution in [3.8, 4) is 10.7 Å². The molecular formula is C12H13ClN4S. The van der Waals surface area contributed by atoms with Gasteiger partial charge in [-0.1, -0.05) is 6.07 Å². The van der Waals surface area contributed by atoms with Crippen molar-refractivity contribution in [2.45, 2.75) is 19.3 Å². The van der Waals surface area contributed by atoms with Crippen LogP contribution in [0.4, 0.5) is 5.95 Å². The zero-order valence-electron chi connectivity index (χ0n) is 9.84. The molecule has 6 heteroatoms. The molecule has 2 aromatic rings. The van der Waals surface area contributed by atoms with Crippen molar-refractivity contribution in [2.75, 3.05) is 18.0 Å². The van der Waals surface area contributed by atoms with E-state index >= 15 is 0 Å². The van der Waals surface area contributed by atoms with E-state index in [9.17, 15) is 0 Å². The molecule has 4 nitrogen and oxygen atoms in total. The summed E-state index contributed by atoms with van der Waals surface area (Å²) in [6.07, 6.45) is 3.67. The summed E-state index contributed by atoms with van der Waals surface area (Å²) >= 11 is 7.61. The van der Waals surface area contributed by atoms with Gasteiger partial charge in [0.15, 0.2) is 5.82 Å². The summed E-state index contributed by atoms with van der Waals surface area (Å²) in [6, 6.07) is 3.98. The van der Waals surface area contributed by atoms with E-state index in [2.05, 4.69) is 19.9 Å². The molecule has 1 saturated heterocycles. The number of thiophene rings is 1. The molecule has 1 fully saturated rings. The Balaban J connectivity index is 1.95. The molecule has 0 amide bonds. The van der Waals surface area contributed by atoms with Crippen molar-refractivity contribution >= 4 is 28.9 Å². The summed E-state index contributed by atoms with van der Waals surface area (Å²) < 4.78 is 0. The highest BCUT2D eigenvalue weighted by Crippen LogP contribution is 2.24. The maximum Gasteiger partial charge on any atom is 0.230 e. The summed E-state index contributed by atoms with van der Waals surface area (Å²) in [5, 5.41) is 2.28. The minimum absolute atomic E-state index is 0.272. The molecule has 18 heavy (non-hydrogen) atoms. The Hall–Kier alpha value is -1.20. The Labute approximate surface area is 115 Å². The zero-order valence-corrected chi connectivity index (χ0v) is 11.4. The zero-order chi connectivity index (χ0) is 12.4. The van der Waals surface area contributed by atoms with Crippen molar-refractivity contribution in [2.24, 2.45) is 0 Å². The van der Waals surface area contributed by atoms with Crippen LogP contribution in [0.1, 0.15) is 19.3 Å². The third kappa shape index (κ3) is 2.47. The second-order valence-corrected chi connectivity index (χ2v) is 5.54. The van der Waals surface area contributed by atoms with E-state index < -0.39 is 0 Å². The van der Waals surface area contributed by atoms with Crippen LogP contribution in [0.25, 0.3) is 10.7 Å². The molecule has 3 heterocycles. The molecule has 1 aliphatic heterocycles. The van der Waals surface area contributed by atoms with Gasteiger partial charge in [0.05, 0.1) is 4.88 Å². The SMILES string of the molecule is Clc1nc(-c2cccs2)nc(N2CCCCC2)n1. The monoisotopic (exact) mass is 280 g/mol. The lowest BCUT2D eigenvalue weighted by atomic mass is 10.1. The van der Waals surface area contributed by atoms with Gasteiger partial charge in [-0.3, -0.25) is 0 Å². The summed E-state index contributed by atoms with van der Waals surface area (Å²) in [7, 11) is 0. The van der Waals surface area contributed by atoms with Crippen LogP contribution in [0.15, 0.2) is 17.5 Å². The van der Waals surface area contributed by atoms with Crippen molar-refractivity contribution in [3.05, 3.63) is 22.8 Å². The summed E-state index contributed by atoms with van der Waals surface area (Å²) in [5.74, 6) is 1.38. The fourth-order valence-electron chi connectivity index (χ4n) is 2.09. The van der Waals surface area contributed by atoms with Gasteiger partial charge in [0, 0.05) is 13.1 Å². The predicted octanol–water partition coefficient (Wildman–Crippen LogP) is 3.24. The number of piperidine rings is 1. The Bertz CT molecular complexity index is 523. The van der Waals surface area contributed by atoms with Crippen LogP contribution in [0, 0.1) is 0 Å². The van der Waals surface area contributed by atoms with E-state index in [0.717, 1.165) is 18.0 Å². The molecule has 3 rings (SSSR count). The summed E-state index contributed by atoms with van der Waals surface area (Å²) in [5.41, 5.74) is 0. The number of aromatic nitrogens is 3. The van der Waals surface area contributed by atoms with Crippen molar-refractivity contribution < 1.29 is 0 Å². The lowest BCUT2D eigenvalue weighted by molar-refractivity contribution is 0.567. The van der Waals surface area contributed by atoms with Gasteiger partial charge in [-0.05, 0) is 42.3 Å². The average molecular weight is 281 g/mol. The maximum absolute atomic E-state index is 6.00. The standard InChI is InChI=1S/C12H13ClN4S/c13-11-14-10(9-5-4-8-18-9)15-12(16-11)17-6-2-1-3-7-17/h4-5,8H,1-3,6-7H2. The van der Waals surface area contributed by atoms with Gasteiger partial charge in [-0.2, -0.15) is 15.0 Å². The molecule has 94 valence electrons. The molecular weight excluding hydrogens is 268 g/mol. The number of anilines is 1. The van der Waals surface area contributed by atoms with Gasteiger partial charge in [0.25, 0.3) is 0 Å². The third-order valence-electron chi connectivity index (χ3n) is 2.98. The first-order valence-electron chi connectivity index (χ1n) is 6.03. The third-order valence-corrected chi connectivity index (χ3v) is 4.01. The van der Waals surface area contributed by atoms with E-state index in [1.807, 2.05) is 17.5 Å². The highest BCUT2D eigenvalue weighted by Gasteiger charge is 2.16. The van der Waals surface area contributed by atoms with Crippen molar-refractivity contribution in [1.29, 1.82) is 0 Å².